The number of aromatic nitrogens is 2. The summed E-state index contributed by atoms with van der Waals surface area (Å²) in [4.78, 5) is 8.30. The molecular weight excluding hydrogens is 298 g/mol. The Morgan fingerprint density at radius 2 is 1.95 bits per heavy atom. The van der Waals surface area contributed by atoms with Gasteiger partial charge in [0.25, 0.3) is 0 Å². The zero-order chi connectivity index (χ0) is 14.2. The van der Waals surface area contributed by atoms with E-state index >= 15 is 0 Å². The minimum Gasteiger partial charge on any atom is -0.313 e. The van der Waals surface area contributed by atoms with E-state index in [0.29, 0.717) is 11.0 Å². The number of hydrogen-bond acceptors (Lipinski definition) is 5. The van der Waals surface area contributed by atoms with Crippen molar-refractivity contribution in [3.05, 3.63) is 29.4 Å². The van der Waals surface area contributed by atoms with E-state index < -0.39 is 9.84 Å². The van der Waals surface area contributed by atoms with Crippen molar-refractivity contribution in [1.29, 1.82) is 0 Å². The van der Waals surface area contributed by atoms with Crippen LogP contribution in [0.3, 0.4) is 0 Å². The fraction of sp³-hybridized carbons (Fsp3) is 0.385. The zero-order valence-electron chi connectivity index (χ0n) is 10.7. The maximum Gasteiger partial charge on any atom is 0.200 e. The van der Waals surface area contributed by atoms with Gasteiger partial charge in [0, 0.05) is 6.04 Å². The molecule has 7 heteroatoms. The van der Waals surface area contributed by atoms with Gasteiger partial charge in [-0.3, -0.25) is 0 Å². The molecule has 1 N–H and O–H groups in total. The molecule has 5 nitrogen and oxygen atoms in total. The van der Waals surface area contributed by atoms with E-state index in [0.717, 1.165) is 19.4 Å². The normalized spacial score (nSPS) is 19.6. The predicted octanol–water partition coefficient (Wildman–Crippen LogP) is 1.81. The summed E-state index contributed by atoms with van der Waals surface area (Å²) in [7, 11) is -3.53. The summed E-state index contributed by atoms with van der Waals surface area (Å²) in [5.41, 5.74) is 1.13. The Morgan fingerprint density at radius 1 is 1.25 bits per heavy atom. The van der Waals surface area contributed by atoms with Crippen LogP contribution in [0.1, 0.15) is 12.8 Å². The van der Waals surface area contributed by atoms with Crippen molar-refractivity contribution in [2.75, 3.05) is 12.3 Å². The summed E-state index contributed by atoms with van der Waals surface area (Å²) >= 11 is 6.00. The molecule has 0 aliphatic carbocycles. The zero-order valence-corrected chi connectivity index (χ0v) is 12.3. The van der Waals surface area contributed by atoms with Crippen molar-refractivity contribution in [1.82, 2.24) is 15.3 Å². The molecule has 0 bridgehead atoms. The number of para-hydroxylation sites is 2. The molecule has 106 valence electrons. The van der Waals surface area contributed by atoms with Crippen LogP contribution in [0.2, 0.25) is 5.15 Å². The number of nitrogens with zero attached hydrogens (tertiary/aromatic N) is 2. The van der Waals surface area contributed by atoms with Crippen LogP contribution in [0.4, 0.5) is 0 Å². The molecule has 3 rings (SSSR count). The van der Waals surface area contributed by atoms with Crippen LogP contribution in [-0.2, 0) is 9.84 Å². The van der Waals surface area contributed by atoms with Gasteiger partial charge in [0.15, 0.2) is 20.0 Å². The summed E-state index contributed by atoms with van der Waals surface area (Å²) in [6, 6.07) is 7.06. The highest BCUT2D eigenvalue weighted by Crippen LogP contribution is 2.23. The second kappa shape index (κ2) is 5.27. The van der Waals surface area contributed by atoms with E-state index in [9.17, 15) is 8.42 Å². The molecule has 1 aromatic heterocycles. The van der Waals surface area contributed by atoms with Crippen LogP contribution in [0, 0.1) is 0 Å². The lowest BCUT2D eigenvalue weighted by Crippen LogP contribution is -2.30. The molecule has 2 aromatic rings. The van der Waals surface area contributed by atoms with Gasteiger partial charge in [0.05, 0.1) is 16.8 Å². The first-order valence-corrected chi connectivity index (χ1v) is 8.48. The lowest BCUT2D eigenvalue weighted by molar-refractivity contribution is 0.573. The van der Waals surface area contributed by atoms with E-state index in [2.05, 4.69) is 15.3 Å². The number of benzene rings is 1. The van der Waals surface area contributed by atoms with Crippen molar-refractivity contribution in [3.8, 4) is 0 Å². The van der Waals surface area contributed by atoms with Crippen LogP contribution >= 0.6 is 11.6 Å². The quantitative estimate of drug-likeness (QED) is 0.936. The monoisotopic (exact) mass is 311 g/mol. The van der Waals surface area contributed by atoms with Crippen molar-refractivity contribution >= 4 is 32.5 Å². The summed E-state index contributed by atoms with van der Waals surface area (Å²) < 4.78 is 24.9. The predicted molar refractivity (Wildman–Crippen MR) is 77.6 cm³/mol. The van der Waals surface area contributed by atoms with Crippen LogP contribution in [0.25, 0.3) is 11.0 Å². The average molecular weight is 312 g/mol. The summed E-state index contributed by atoms with van der Waals surface area (Å²) in [5.74, 6) is 0.0136. The average Bonchev–Trinajstić information content (AvgIpc) is 2.90. The number of hydrogen-bond donors (Lipinski definition) is 1. The number of sulfone groups is 1. The maximum absolute atomic E-state index is 12.4. The Kier molecular flexibility index (Phi) is 3.62. The minimum absolute atomic E-state index is 0.0136. The van der Waals surface area contributed by atoms with Gasteiger partial charge >= 0.3 is 0 Å². The van der Waals surface area contributed by atoms with E-state index in [1.165, 1.54) is 0 Å². The van der Waals surface area contributed by atoms with Crippen LogP contribution in [0.5, 0.6) is 0 Å². The largest absolute Gasteiger partial charge is 0.313 e. The van der Waals surface area contributed by atoms with Crippen molar-refractivity contribution in [2.45, 2.75) is 23.9 Å². The molecule has 1 fully saturated rings. The standard InChI is InChI=1S/C13H14ClN3O2S/c14-12-13(17-11-6-2-1-5-10(11)16-12)20(18,19)8-9-4-3-7-15-9/h1-2,5-6,9,15H,3-4,7-8H2. The molecule has 1 atom stereocenters. The molecule has 1 aromatic carbocycles. The topological polar surface area (TPSA) is 72.0 Å². The number of halogens is 1. The molecule has 1 aliphatic rings. The van der Waals surface area contributed by atoms with Gasteiger partial charge in [-0.1, -0.05) is 23.7 Å². The van der Waals surface area contributed by atoms with Crippen molar-refractivity contribution < 1.29 is 8.42 Å². The highest BCUT2D eigenvalue weighted by molar-refractivity contribution is 7.91. The first-order valence-electron chi connectivity index (χ1n) is 6.45. The lowest BCUT2D eigenvalue weighted by atomic mass is 10.3. The molecule has 2 heterocycles. The summed E-state index contributed by atoms with van der Waals surface area (Å²) in [6.07, 6.45) is 1.86. The van der Waals surface area contributed by atoms with Gasteiger partial charge in [-0.15, -0.1) is 0 Å². The number of nitrogens with one attached hydrogen (secondary N) is 1. The molecular formula is C13H14ClN3O2S. The van der Waals surface area contributed by atoms with E-state index in [1.54, 1.807) is 18.2 Å². The SMILES string of the molecule is O=S(=O)(CC1CCCN1)c1nc2ccccc2nc1Cl. The molecule has 0 spiro atoms. The summed E-state index contributed by atoms with van der Waals surface area (Å²) in [5, 5.41) is 3.00. The van der Waals surface area contributed by atoms with Gasteiger partial charge < -0.3 is 5.32 Å². The van der Waals surface area contributed by atoms with Gasteiger partial charge in [0.1, 0.15) is 0 Å². The fourth-order valence-electron chi connectivity index (χ4n) is 2.40. The molecule has 1 aliphatic heterocycles. The third-order valence-corrected chi connectivity index (χ3v) is 5.47. The van der Waals surface area contributed by atoms with Crippen molar-refractivity contribution in [3.63, 3.8) is 0 Å². The minimum atomic E-state index is -3.53. The Morgan fingerprint density at radius 3 is 2.60 bits per heavy atom. The second-order valence-corrected chi connectivity index (χ2v) is 7.19. The van der Waals surface area contributed by atoms with Crippen LogP contribution < -0.4 is 5.32 Å². The van der Waals surface area contributed by atoms with Crippen molar-refractivity contribution in [2.24, 2.45) is 0 Å². The van der Waals surface area contributed by atoms with Gasteiger partial charge in [-0.2, -0.15) is 0 Å². The van der Waals surface area contributed by atoms with Gasteiger partial charge in [-0.25, -0.2) is 18.4 Å². The van der Waals surface area contributed by atoms with Gasteiger partial charge in [-0.05, 0) is 31.5 Å². The molecule has 1 saturated heterocycles. The third kappa shape index (κ3) is 2.63. The summed E-state index contributed by atoms with van der Waals surface area (Å²) in [6.45, 7) is 0.858. The smallest absolute Gasteiger partial charge is 0.200 e. The molecule has 0 saturated carbocycles. The highest BCUT2D eigenvalue weighted by Gasteiger charge is 2.27. The fourth-order valence-corrected chi connectivity index (χ4v) is 4.40. The Labute approximate surface area is 122 Å². The second-order valence-electron chi connectivity index (χ2n) is 4.88. The molecule has 20 heavy (non-hydrogen) atoms. The Bertz CT molecular complexity index is 742. The van der Waals surface area contributed by atoms with Crippen LogP contribution in [-0.4, -0.2) is 36.7 Å². The Hall–Kier alpha value is -1.24. The third-order valence-electron chi connectivity index (χ3n) is 3.38. The van der Waals surface area contributed by atoms with E-state index in [1.807, 2.05) is 6.07 Å². The highest BCUT2D eigenvalue weighted by atomic mass is 35.5. The van der Waals surface area contributed by atoms with E-state index in [-0.39, 0.29) is 22.0 Å². The maximum atomic E-state index is 12.4. The van der Waals surface area contributed by atoms with Gasteiger partial charge in [0.2, 0.25) is 0 Å². The first kappa shape index (κ1) is 13.7. The number of rotatable bonds is 3. The molecule has 0 amide bonds. The van der Waals surface area contributed by atoms with E-state index in [4.69, 9.17) is 11.6 Å². The number of fused-ring (bicyclic) bond motifs is 1. The molecule has 0 radical (unpaired) electrons. The first-order chi connectivity index (χ1) is 9.56. The lowest BCUT2D eigenvalue weighted by Gasteiger charge is -2.11. The Balaban J connectivity index is 2.01. The van der Waals surface area contributed by atoms with Crippen LogP contribution in [0.15, 0.2) is 29.3 Å². The molecule has 1 unspecified atom stereocenters.